The van der Waals surface area contributed by atoms with Crippen molar-refractivity contribution in [3.63, 3.8) is 0 Å². The lowest BCUT2D eigenvalue weighted by Crippen LogP contribution is -2.21. The summed E-state index contributed by atoms with van der Waals surface area (Å²) in [5.74, 6) is -0.375. The van der Waals surface area contributed by atoms with Gasteiger partial charge < -0.3 is 10.1 Å². The highest BCUT2D eigenvalue weighted by Gasteiger charge is 2.10. The van der Waals surface area contributed by atoms with Crippen LogP contribution in [0.4, 0.5) is 0 Å². The first-order valence-electron chi connectivity index (χ1n) is 8.25. The molecule has 126 valence electrons. The van der Waals surface area contributed by atoms with E-state index in [0.29, 0.717) is 18.7 Å². The number of rotatable bonds is 9. The number of hydrogen-bond acceptors (Lipinski definition) is 4. The third-order valence-electron chi connectivity index (χ3n) is 3.66. The number of ketones is 1. The number of nitrogens with one attached hydrogen (secondary N) is 1. The molecular formula is C20H23NO3. The van der Waals surface area contributed by atoms with Crippen LogP contribution in [-0.4, -0.2) is 31.4 Å². The van der Waals surface area contributed by atoms with Crippen molar-refractivity contribution in [1.82, 2.24) is 5.32 Å². The molecule has 0 heterocycles. The van der Waals surface area contributed by atoms with Crippen molar-refractivity contribution in [3.8, 4) is 11.1 Å². The smallest absolute Gasteiger partial charge is 0.306 e. The molecule has 0 saturated carbocycles. The maximum atomic E-state index is 12.2. The zero-order valence-electron chi connectivity index (χ0n) is 14.0. The Morgan fingerprint density at radius 3 is 2.25 bits per heavy atom. The van der Waals surface area contributed by atoms with E-state index in [1.54, 1.807) is 12.1 Å². The highest BCUT2D eigenvalue weighted by molar-refractivity contribution is 5.97. The van der Waals surface area contributed by atoms with Crippen LogP contribution in [0, 0.1) is 0 Å². The fourth-order valence-corrected chi connectivity index (χ4v) is 2.33. The number of carbonyl (C=O) groups is 2. The second kappa shape index (κ2) is 9.63. The van der Waals surface area contributed by atoms with E-state index in [1.165, 1.54) is 0 Å². The van der Waals surface area contributed by atoms with Gasteiger partial charge in [-0.1, -0.05) is 61.5 Å². The third-order valence-corrected chi connectivity index (χ3v) is 3.66. The Balaban J connectivity index is 1.81. The topological polar surface area (TPSA) is 55.4 Å². The summed E-state index contributed by atoms with van der Waals surface area (Å²) in [6.07, 6.45) is 0.288. The molecule has 0 aliphatic carbocycles. The molecule has 0 aromatic heterocycles. The van der Waals surface area contributed by atoms with Crippen molar-refractivity contribution < 1.29 is 14.3 Å². The second-order valence-corrected chi connectivity index (χ2v) is 5.44. The molecule has 2 aromatic carbocycles. The Morgan fingerprint density at radius 1 is 0.917 bits per heavy atom. The van der Waals surface area contributed by atoms with Crippen LogP contribution < -0.4 is 5.32 Å². The van der Waals surface area contributed by atoms with Gasteiger partial charge in [0.15, 0.2) is 5.78 Å². The maximum absolute atomic E-state index is 12.2. The minimum Gasteiger partial charge on any atom is -0.464 e. The van der Waals surface area contributed by atoms with Crippen molar-refractivity contribution in [2.45, 2.75) is 19.8 Å². The lowest BCUT2D eigenvalue weighted by molar-refractivity contribution is -0.143. The van der Waals surface area contributed by atoms with Gasteiger partial charge in [0.1, 0.15) is 6.61 Å². The minimum atomic E-state index is -0.331. The standard InChI is InChI=1S/C20H23NO3/c1-2-21-14-15-24-20(23)13-12-19(22)18-10-8-17(9-11-18)16-6-4-3-5-7-16/h3-11,21H,2,12-15H2,1H3. The molecule has 0 atom stereocenters. The molecule has 4 heteroatoms. The Morgan fingerprint density at radius 2 is 1.58 bits per heavy atom. The van der Waals surface area contributed by atoms with Gasteiger partial charge in [-0.2, -0.15) is 0 Å². The number of hydrogen-bond donors (Lipinski definition) is 1. The first kappa shape index (κ1) is 17.9. The summed E-state index contributed by atoms with van der Waals surface area (Å²) in [4.78, 5) is 23.7. The number of likely N-dealkylation sites (N-methyl/N-ethyl adjacent to an activating group) is 1. The first-order valence-corrected chi connectivity index (χ1v) is 8.25. The molecule has 1 N–H and O–H groups in total. The molecular weight excluding hydrogens is 302 g/mol. The lowest BCUT2D eigenvalue weighted by atomic mass is 10.0. The van der Waals surface area contributed by atoms with E-state index < -0.39 is 0 Å². The molecule has 24 heavy (non-hydrogen) atoms. The zero-order valence-corrected chi connectivity index (χ0v) is 14.0. The average molecular weight is 325 g/mol. The number of esters is 1. The highest BCUT2D eigenvalue weighted by Crippen LogP contribution is 2.19. The lowest BCUT2D eigenvalue weighted by Gasteiger charge is -2.06. The molecule has 0 fully saturated rings. The summed E-state index contributed by atoms with van der Waals surface area (Å²) in [5.41, 5.74) is 2.80. The van der Waals surface area contributed by atoms with Crippen molar-refractivity contribution >= 4 is 11.8 Å². The molecule has 0 aliphatic rings. The molecule has 0 bridgehead atoms. The van der Waals surface area contributed by atoms with Crippen molar-refractivity contribution in [2.75, 3.05) is 19.7 Å². The number of ether oxygens (including phenoxy) is 1. The monoisotopic (exact) mass is 325 g/mol. The van der Waals surface area contributed by atoms with Crippen LogP contribution in [0.3, 0.4) is 0 Å². The predicted octanol–water partition coefficient (Wildman–Crippen LogP) is 3.47. The summed E-state index contributed by atoms with van der Waals surface area (Å²) in [7, 11) is 0. The zero-order chi connectivity index (χ0) is 17.2. The van der Waals surface area contributed by atoms with E-state index in [0.717, 1.165) is 17.7 Å². The van der Waals surface area contributed by atoms with Crippen LogP contribution in [0.5, 0.6) is 0 Å². The number of carbonyl (C=O) groups excluding carboxylic acids is 2. The second-order valence-electron chi connectivity index (χ2n) is 5.44. The van der Waals surface area contributed by atoms with Gasteiger partial charge in [0.25, 0.3) is 0 Å². The van der Waals surface area contributed by atoms with Gasteiger partial charge in [0.05, 0.1) is 6.42 Å². The molecule has 0 radical (unpaired) electrons. The fraction of sp³-hybridized carbons (Fsp3) is 0.300. The van der Waals surface area contributed by atoms with Gasteiger partial charge in [-0.3, -0.25) is 9.59 Å². The third kappa shape index (κ3) is 5.63. The van der Waals surface area contributed by atoms with E-state index in [1.807, 2.05) is 49.4 Å². The summed E-state index contributed by atoms with van der Waals surface area (Å²) in [5, 5.41) is 3.07. The van der Waals surface area contributed by atoms with Gasteiger partial charge in [0, 0.05) is 18.5 Å². The van der Waals surface area contributed by atoms with Gasteiger partial charge in [0.2, 0.25) is 0 Å². The molecule has 0 aliphatic heterocycles. The maximum Gasteiger partial charge on any atom is 0.306 e. The molecule has 2 aromatic rings. The first-order chi connectivity index (χ1) is 11.7. The predicted molar refractivity (Wildman–Crippen MR) is 94.9 cm³/mol. The minimum absolute atomic E-state index is 0.0433. The van der Waals surface area contributed by atoms with Crippen molar-refractivity contribution in [3.05, 3.63) is 60.2 Å². The van der Waals surface area contributed by atoms with E-state index in [-0.39, 0.29) is 24.6 Å². The fourth-order valence-electron chi connectivity index (χ4n) is 2.33. The highest BCUT2D eigenvalue weighted by atomic mass is 16.5. The summed E-state index contributed by atoms with van der Waals surface area (Å²) in [6.45, 7) is 3.81. The van der Waals surface area contributed by atoms with Crippen LogP contribution in [0.15, 0.2) is 54.6 Å². The van der Waals surface area contributed by atoms with E-state index >= 15 is 0 Å². The van der Waals surface area contributed by atoms with Crippen LogP contribution in [-0.2, 0) is 9.53 Å². The summed E-state index contributed by atoms with van der Waals surface area (Å²) in [6, 6.07) is 17.5. The van der Waals surface area contributed by atoms with Crippen LogP contribution in [0.2, 0.25) is 0 Å². The van der Waals surface area contributed by atoms with Crippen molar-refractivity contribution in [1.29, 1.82) is 0 Å². The van der Waals surface area contributed by atoms with Crippen LogP contribution >= 0.6 is 0 Å². The normalized spacial score (nSPS) is 10.4. The average Bonchev–Trinajstić information content (AvgIpc) is 2.64. The van der Waals surface area contributed by atoms with E-state index in [2.05, 4.69) is 5.32 Å². The van der Waals surface area contributed by atoms with Crippen LogP contribution in [0.25, 0.3) is 11.1 Å². The Bertz CT molecular complexity index is 650. The molecule has 0 amide bonds. The molecule has 0 spiro atoms. The Hall–Kier alpha value is -2.46. The SMILES string of the molecule is CCNCCOC(=O)CCC(=O)c1ccc(-c2ccccc2)cc1. The Kier molecular flexibility index (Phi) is 7.18. The summed E-state index contributed by atoms with van der Waals surface area (Å²) < 4.78 is 5.05. The Labute approximate surface area is 142 Å². The van der Waals surface area contributed by atoms with Crippen molar-refractivity contribution in [2.24, 2.45) is 0 Å². The van der Waals surface area contributed by atoms with E-state index in [9.17, 15) is 9.59 Å². The van der Waals surface area contributed by atoms with Gasteiger partial charge >= 0.3 is 5.97 Å². The quantitative estimate of drug-likeness (QED) is 0.436. The van der Waals surface area contributed by atoms with Crippen LogP contribution in [0.1, 0.15) is 30.1 Å². The molecule has 4 nitrogen and oxygen atoms in total. The number of Topliss-reactive ketones (excluding diaryl/α,β-unsaturated/α-hetero) is 1. The van der Waals surface area contributed by atoms with E-state index in [4.69, 9.17) is 4.74 Å². The molecule has 2 rings (SSSR count). The van der Waals surface area contributed by atoms with Gasteiger partial charge in [-0.05, 0) is 17.7 Å². The van der Waals surface area contributed by atoms with Gasteiger partial charge in [-0.25, -0.2) is 0 Å². The largest absolute Gasteiger partial charge is 0.464 e. The molecule has 0 saturated heterocycles. The number of benzene rings is 2. The molecule has 0 unspecified atom stereocenters. The van der Waals surface area contributed by atoms with Gasteiger partial charge in [-0.15, -0.1) is 0 Å². The summed E-state index contributed by atoms with van der Waals surface area (Å²) >= 11 is 0.